The van der Waals surface area contributed by atoms with E-state index in [2.05, 4.69) is 0 Å². The highest BCUT2D eigenvalue weighted by Crippen LogP contribution is 2.28. The molecule has 0 amide bonds. The molecule has 0 spiro atoms. The third kappa shape index (κ3) is 3.06. The van der Waals surface area contributed by atoms with Crippen molar-refractivity contribution in [3.8, 4) is 11.5 Å². The van der Waals surface area contributed by atoms with Crippen LogP contribution < -0.4 is 10.5 Å². The molecule has 0 heterocycles. The molecule has 0 aliphatic heterocycles. The van der Waals surface area contributed by atoms with Crippen LogP contribution in [0.4, 0.5) is 8.78 Å². The number of hydrogen-bond donors (Lipinski definition) is 1. The van der Waals surface area contributed by atoms with E-state index in [4.69, 9.17) is 22.7 Å². The van der Waals surface area contributed by atoms with E-state index >= 15 is 0 Å². The molecule has 2 aromatic rings. The summed E-state index contributed by atoms with van der Waals surface area (Å²) < 4.78 is 32.2. The second-order valence-electron chi connectivity index (χ2n) is 4.04. The van der Waals surface area contributed by atoms with Gasteiger partial charge in [0.25, 0.3) is 0 Å². The zero-order chi connectivity index (χ0) is 14.0. The van der Waals surface area contributed by atoms with Crippen molar-refractivity contribution < 1.29 is 13.5 Å². The topological polar surface area (TPSA) is 35.2 Å². The number of benzene rings is 2. The maximum atomic E-state index is 13.6. The van der Waals surface area contributed by atoms with Gasteiger partial charge in [0.2, 0.25) is 0 Å². The molecule has 5 heteroatoms. The molecule has 2 N–H and O–H groups in total. The summed E-state index contributed by atoms with van der Waals surface area (Å²) in [6.07, 6.45) is 0. The molecule has 0 radical (unpaired) electrons. The summed E-state index contributed by atoms with van der Waals surface area (Å²) in [5, 5.41) is 0. The highest BCUT2D eigenvalue weighted by Gasteiger charge is 2.11. The Bertz CT molecular complexity index is 643. The van der Waals surface area contributed by atoms with Crippen LogP contribution in [0.1, 0.15) is 11.1 Å². The third-order valence-electron chi connectivity index (χ3n) is 2.51. The first-order valence-corrected chi connectivity index (χ1v) is 5.91. The Balaban J connectivity index is 2.43. The SMILES string of the molecule is Cc1ccc(F)c(Oc2ccc(F)cc2C(N)=S)c1. The molecule has 98 valence electrons. The summed E-state index contributed by atoms with van der Waals surface area (Å²) in [7, 11) is 0. The molecule has 0 saturated heterocycles. The average Bonchev–Trinajstić information content (AvgIpc) is 2.35. The molecule has 0 unspecified atom stereocenters. The first-order chi connectivity index (χ1) is 8.97. The molecule has 2 nitrogen and oxygen atoms in total. The van der Waals surface area contributed by atoms with Crippen LogP contribution in [-0.2, 0) is 0 Å². The van der Waals surface area contributed by atoms with Gasteiger partial charge in [-0.05, 0) is 42.8 Å². The van der Waals surface area contributed by atoms with Crippen molar-refractivity contribution in [2.75, 3.05) is 0 Å². The lowest BCUT2D eigenvalue weighted by molar-refractivity contribution is 0.440. The van der Waals surface area contributed by atoms with Crippen LogP contribution in [0.2, 0.25) is 0 Å². The Hall–Kier alpha value is -2.01. The summed E-state index contributed by atoms with van der Waals surface area (Å²) >= 11 is 4.82. The van der Waals surface area contributed by atoms with Crippen molar-refractivity contribution >= 4 is 17.2 Å². The van der Waals surface area contributed by atoms with Gasteiger partial charge in [-0.25, -0.2) is 8.78 Å². The number of ether oxygens (including phenoxy) is 1. The number of hydrogen-bond acceptors (Lipinski definition) is 2. The van der Waals surface area contributed by atoms with Crippen molar-refractivity contribution in [3.05, 3.63) is 59.2 Å². The first-order valence-electron chi connectivity index (χ1n) is 5.51. The molecule has 2 aromatic carbocycles. The van der Waals surface area contributed by atoms with Gasteiger partial charge in [0.15, 0.2) is 11.6 Å². The molecule has 0 atom stereocenters. The summed E-state index contributed by atoms with van der Waals surface area (Å²) in [4.78, 5) is -0.0115. The minimum atomic E-state index is -0.510. The van der Waals surface area contributed by atoms with Gasteiger partial charge < -0.3 is 10.5 Å². The highest BCUT2D eigenvalue weighted by molar-refractivity contribution is 7.80. The Morgan fingerprint density at radius 2 is 1.84 bits per heavy atom. The summed E-state index contributed by atoms with van der Waals surface area (Å²) in [6, 6.07) is 8.19. The van der Waals surface area contributed by atoms with Crippen LogP contribution in [0.5, 0.6) is 11.5 Å². The Kier molecular flexibility index (Phi) is 3.76. The van der Waals surface area contributed by atoms with E-state index < -0.39 is 11.6 Å². The molecule has 0 aromatic heterocycles. The second kappa shape index (κ2) is 5.32. The summed E-state index contributed by atoms with van der Waals surface area (Å²) in [5.41, 5.74) is 6.57. The fourth-order valence-electron chi connectivity index (χ4n) is 1.59. The lowest BCUT2D eigenvalue weighted by Gasteiger charge is -2.11. The molecule has 0 bridgehead atoms. The average molecular weight is 279 g/mol. The first kappa shape index (κ1) is 13.4. The van der Waals surface area contributed by atoms with Crippen molar-refractivity contribution in [1.82, 2.24) is 0 Å². The van der Waals surface area contributed by atoms with Crippen molar-refractivity contribution in [2.24, 2.45) is 5.73 Å². The molecular formula is C14H11F2NOS. The normalized spacial score (nSPS) is 10.3. The van der Waals surface area contributed by atoms with Crippen LogP contribution in [0.3, 0.4) is 0 Å². The van der Waals surface area contributed by atoms with Crippen LogP contribution in [0, 0.1) is 18.6 Å². The van der Waals surface area contributed by atoms with Crippen LogP contribution in [0.25, 0.3) is 0 Å². The van der Waals surface area contributed by atoms with Gasteiger partial charge in [0.1, 0.15) is 16.6 Å². The zero-order valence-corrected chi connectivity index (χ0v) is 10.9. The number of nitrogens with two attached hydrogens (primary N) is 1. The molecular weight excluding hydrogens is 268 g/mol. The summed E-state index contributed by atoms with van der Waals surface area (Å²) in [6.45, 7) is 1.81. The van der Waals surface area contributed by atoms with Crippen molar-refractivity contribution in [3.63, 3.8) is 0 Å². The van der Waals surface area contributed by atoms with Gasteiger partial charge >= 0.3 is 0 Å². The predicted molar refractivity (Wildman–Crippen MR) is 73.5 cm³/mol. The minimum absolute atomic E-state index is 0.0115. The molecule has 0 fully saturated rings. The zero-order valence-electron chi connectivity index (χ0n) is 10.1. The van der Waals surface area contributed by atoms with Crippen LogP contribution >= 0.6 is 12.2 Å². The van der Waals surface area contributed by atoms with Gasteiger partial charge in [0, 0.05) is 0 Å². The van der Waals surface area contributed by atoms with E-state index in [-0.39, 0.29) is 22.1 Å². The fraction of sp³-hybridized carbons (Fsp3) is 0.0714. The van der Waals surface area contributed by atoms with E-state index in [0.717, 1.165) is 11.6 Å². The van der Waals surface area contributed by atoms with Gasteiger partial charge in [0.05, 0.1) is 5.56 Å². The Morgan fingerprint density at radius 1 is 1.11 bits per heavy atom. The molecule has 0 saturated carbocycles. The maximum Gasteiger partial charge on any atom is 0.165 e. The highest BCUT2D eigenvalue weighted by atomic mass is 32.1. The smallest absolute Gasteiger partial charge is 0.165 e. The number of aryl methyl sites for hydroxylation is 1. The van der Waals surface area contributed by atoms with E-state index in [0.29, 0.717) is 0 Å². The summed E-state index contributed by atoms with van der Waals surface area (Å²) in [5.74, 6) is -0.730. The molecule has 0 aliphatic rings. The maximum absolute atomic E-state index is 13.6. The predicted octanol–water partition coefficient (Wildman–Crippen LogP) is 3.70. The lowest BCUT2D eigenvalue weighted by Crippen LogP contribution is -2.11. The monoisotopic (exact) mass is 279 g/mol. The van der Waals surface area contributed by atoms with Gasteiger partial charge in [-0.15, -0.1) is 0 Å². The van der Waals surface area contributed by atoms with Crippen LogP contribution in [0.15, 0.2) is 36.4 Å². The van der Waals surface area contributed by atoms with Crippen molar-refractivity contribution in [2.45, 2.75) is 6.92 Å². The van der Waals surface area contributed by atoms with E-state index in [1.807, 2.05) is 6.92 Å². The quantitative estimate of drug-likeness (QED) is 0.870. The van der Waals surface area contributed by atoms with Gasteiger partial charge in [-0.3, -0.25) is 0 Å². The largest absolute Gasteiger partial charge is 0.454 e. The number of rotatable bonds is 3. The van der Waals surface area contributed by atoms with Crippen molar-refractivity contribution in [1.29, 1.82) is 0 Å². The lowest BCUT2D eigenvalue weighted by atomic mass is 10.2. The van der Waals surface area contributed by atoms with E-state index in [1.54, 1.807) is 12.1 Å². The van der Waals surface area contributed by atoms with Gasteiger partial charge in [-0.1, -0.05) is 18.3 Å². The minimum Gasteiger partial charge on any atom is -0.454 e. The second-order valence-corrected chi connectivity index (χ2v) is 4.48. The Morgan fingerprint density at radius 3 is 2.53 bits per heavy atom. The van der Waals surface area contributed by atoms with Crippen LogP contribution in [-0.4, -0.2) is 4.99 Å². The number of thiocarbonyl (C=S) groups is 1. The molecule has 0 aliphatic carbocycles. The number of halogens is 2. The third-order valence-corrected chi connectivity index (χ3v) is 2.73. The van der Waals surface area contributed by atoms with E-state index in [9.17, 15) is 8.78 Å². The van der Waals surface area contributed by atoms with Gasteiger partial charge in [-0.2, -0.15) is 0 Å². The standard InChI is InChI=1S/C14H11F2NOS/c1-8-2-4-11(16)13(6-8)18-12-5-3-9(15)7-10(12)14(17)19/h2-7H,1H3,(H2,17,19). The molecule has 2 rings (SSSR count). The Labute approximate surface area is 114 Å². The fourth-order valence-corrected chi connectivity index (χ4v) is 1.75. The van der Waals surface area contributed by atoms with E-state index in [1.165, 1.54) is 18.2 Å². The molecule has 19 heavy (non-hydrogen) atoms.